The quantitative estimate of drug-likeness (QED) is 0.416. The first-order valence-electron chi connectivity index (χ1n) is 13.5. The Morgan fingerprint density at radius 2 is 1.50 bits per heavy atom. The third-order valence-electron chi connectivity index (χ3n) is 7.49. The van der Waals surface area contributed by atoms with Gasteiger partial charge < -0.3 is 19.6 Å². The summed E-state index contributed by atoms with van der Waals surface area (Å²) >= 11 is 0. The Bertz CT molecular complexity index is 1240. The van der Waals surface area contributed by atoms with Crippen LogP contribution in [0.5, 0.6) is 0 Å². The van der Waals surface area contributed by atoms with Crippen molar-refractivity contribution in [3.8, 4) is 6.07 Å². The van der Waals surface area contributed by atoms with E-state index in [4.69, 9.17) is 5.26 Å². The van der Waals surface area contributed by atoms with Crippen LogP contribution < -0.4 is 4.90 Å². The molecule has 3 aromatic carbocycles. The molecule has 3 aromatic rings. The Balaban J connectivity index is 1.19. The lowest BCUT2D eigenvalue weighted by atomic mass is 10.0. The average Bonchev–Trinajstić information content (AvgIpc) is 3.41. The largest absolute Gasteiger partial charge is 0.371 e. The van der Waals surface area contributed by atoms with Crippen LogP contribution in [0.2, 0.25) is 0 Å². The SMILES string of the molecule is N#Cc1ccc(CN2C=CN(CC(=O)N(CCc3ccccc3)C3CCN(c4ccccc4)CC3)C2)cc1. The van der Waals surface area contributed by atoms with Crippen LogP contribution in [0.4, 0.5) is 5.69 Å². The Morgan fingerprint density at radius 1 is 0.842 bits per heavy atom. The van der Waals surface area contributed by atoms with Crippen LogP contribution in [0, 0.1) is 11.3 Å². The van der Waals surface area contributed by atoms with Gasteiger partial charge in [-0.05, 0) is 54.7 Å². The maximum absolute atomic E-state index is 13.7. The molecular weight excluding hydrogens is 470 g/mol. The molecular formula is C32H35N5O. The number of benzene rings is 3. The zero-order chi connectivity index (χ0) is 26.2. The van der Waals surface area contributed by atoms with Crippen LogP contribution in [0.3, 0.4) is 0 Å². The van der Waals surface area contributed by atoms with Crippen molar-refractivity contribution in [1.82, 2.24) is 14.7 Å². The van der Waals surface area contributed by atoms with Crippen molar-refractivity contribution in [2.75, 3.05) is 37.7 Å². The van der Waals surface area contributed by atoms with Crippen LogP contribution in [0.25, 0.3) is 0 Å². The molecule has 5 rings (SSSR count). The van der Waals surface area contributed by atoms with E-state index in [1.807, 2.05) is 36.5 Å². The number of rotatable bonds is 9. The van der Waals surface area contributed by atoms with Crippen molar-refractivity contribution in [2.24, 2.45) is 0 Å². The van der Waals surface area contributed by atoms with Gasteiger partial charge in [0.1, 0.15) is 0 Å². The molecule has 2 aliphatic rings. The van der Waals surface area contributed by atoms with E-state index in [1.165, 1.54) is 11.3 Å². The van der Waals surface area contributed by atoms with Gasteiger partial charge >= 0.3 is 0 Å². The van der Waals surface area contributed by atoms with Crippen molar-refractivity contribution in [3.05, 3.63) is 114 Å². The van der Waals surface area contributed by atoms with Gasteiger partial charge in [0.25, 0.3) is 0 Å². The molecule has 6 heteroatoms. The molecule has 6 nitrogen and oxygen atoms in total. The minimum Gasteiger partial charge on any atom is -0.371 e. The second-order valence-corrected chi connectivity index (χ2v) is 10.1. The number of hydrogen-bond acceptors (Lipinski definition) is 5. The number of carbonyl (C=O) groups is 1. The number of carbonyl (C=O) groups excluding carboxylic acids is 1. The van der Waals surface area contributed by atoms with Crippen molar-refractivity contribution in [2.45, 2.75) is 31.8 Å². The number of nitrogens with zero attached hydrogens (tertiary/aromatic N) is 5. The van der Waals surface area contributed by atoms with E-state index in [-0.39, 0.29) is 11.9 Å². The van der Waals surface area contributed by atoms with Crippen molar-refractivity contribution < 1.29 is 4.79 Å². The fourth-order valence-electron chi connectivity index (χ4n) is 5.39. The third-order valence-corrected chi connectivity index (χ3v) is 7.49. The fraction of sp³-hybridized carbons (Fsp3) is 0.312. The summed E-state index contributed by atoms with van der Waals surface area (Å²) < 4.78 is 0. The molecule has 1 saturated heterocycles. The maximum Gasteiger partial charge on any atom is 0.242 e. The molecule has 0 N–H and O–H groups in total. The lowest BCUT2D eigenvalue weighted by molar-refractivity contribution is -0.134. The highest BCUT2D eigenvalue weighted by Crippen LogP contribution is 2.23. The fourth-order valence-corrected chi connectivity index (χ4v) is 5.39. The maximum atomic E-state index is 13.7. The molecule has 0 aliphatic carbocycles. The molecule has 2 aliphatic heterocycles. The van der Waals surface area contributed by atoms with Gasteiger partial charge in [0.2, 0.25) is 5.91 Å². The number of piperidine rings is 1. The monoisotopic (exact) mass is 505 g/mol. The first-order valence-corrected chi connectivity index (χ1v) is 13.5. The summed E-state index contributed by atoms with van der Waals surface area (Å²) in [5, 5.41) is 9.02. The number of anilines is 1. The van der Waals surface area contributed by atoms with E-state index in [2.05, 4.69) is 86.5 Å². The van der Waals surface area contributed by atoms with Gasteiger partial charge in [0, 0.05) is 50.3 Å². The highest BCUT2D eigenvalue weighted by atomic mass is 16.2. The summed E-state index contributed by atoms with van der Waals surface area (Å²) in [5.41, 5.74) is 4.35. The molecule has 1 amide bonds. The molecule has 0 spiro atoms. The van der Waals surface area contributed by atoms with E-state index in [1.54, 1.807) is 0 Å². The first-order chi connectivity index (χ1) is 18.7. The summed E-state index contributed by atoms with van der Waals surface area (Å²) in [6, 6.07) is 31.1. The van der Waals surface area contributed by atoms with Crippen LogP contribution >= 0.6 is 0 Å². The zero-order valence-electron chi connectivity index (χ0n) is 21.8. The molecule has 38 heavy (non-hydrogen) atoms. The topological polar surface area (TPSA) is 53.8 Å². The molecule has 1 fully saturated rings. The second-order valence-electron chi connectivity index (χ2n) is 10.1. The van der Waals surface area contributed by atoms with Crippen LogP contribution in [-0.4, -0.2) is 59.5 Å². The van der Waals surface area contributed by atoms with Gasteiger partial charge in [0.05, 0.1) is 24.8 Å². The third kappa shape index (κ3) is 6.54. The average molecular weight is 506 g/mol. The van der Waals surface area contributed by atoms with Gasteiger partial charge in [0.15, 0.2) is 0 Å². The Labute approximate surface area is 226 Å². The lowest BCUT2D eigenvalue weighted by Crippen LogP contribution is -2.50. The van der Waals surface area contributed by atoms with Crippen LogP contribution in [-0.2, 0) is 17.8 Å². The molecule has 0 saturated carbocycles. The predicted octanol–water partition coefficient (Wildman–Crippen LogP) is 4.84. The number of hydrogen-bond donors (Lipinski definition) is 0. The lowest BCUT2D eigenvalue weighted by Gasteiger charge is -2.40. The Hall–Kier alpha value is -4.24. The summed E-state index contributed by atoms with van der Waals surface area (Å²) in [6.45, 7) is 4.49. The Morgan fingerprint density at radius 3 is 2.18 bits per heavy atom. The van der Waals surface area contributed by atoms with E-state index in [9.17, 15) is 4.79 Å². The summed E-state index contributed by atoms with van der Waals surface area (Å²) in [6.07, 6.45) is 6.91. The first kappa shape index (κ1) is 25.4. The normalized spacial score (nSPS) is 15.5. The van der Waals surface area contributed by atoms with Gasteiger partial charge in [-0.2, -0.15) is 5.26 Å². The van der Waals surface area contributed by atoms with Gasteiger partial charge in [-0.3, -0.25) is 4.79 Å². The standard InChI is InChI=1S/C32H35N5O/c33-23-28-11-13-29(14-12-28)24-34-21-22-35(26-34)25-32(38)37(20-15-27-7-3-1-4-8-27)31-16-18-36(19-17-31)30-9-5-2-6-10-30/h1-14,21-22,31H,15-20,24-26H2. The van der Waals surface area contributed by atoms with Crippen molar-refractivity contribution in [1.29, 1.82) is 5.26 Å². The Kier molecular flexibility index (Phi) is 8.25. The molecule has 0 aromatic heterocycles. The molecule has 0 radical (unpaired) electrons. The van der Waals surface area contributed by atoms with Gasteiger partial charge in [-0.1, -0.05) is 60.7 Å². The number of amides is 1. The molecule has 0 unspecified atom stereocenters. The van der Waals surface area contributed by atoms with Gasteiger partial charge in [-0.15, -0.1) is 0 Å². The van der Waals surface area contributed by atoms with E-state index < -0.39 is 0 Å². The highest BCUT2D eigenvalue weighted by molar-refractivity contribution is 5.79. The molecule has 0 bridgehead atoms. The molecule has 194 valence electrons. The van der Waals surface area contributed by atoms with Crippen LogP contribution in [0.1, 0.15) is 29.5 Å². The highest BCUT2D eigenvalue weighted by Gasteiger charge is 2.29. The summed E-state index contributed by atoms with van der Waals surface area (Å²) in [5.74, 6) is 0.198. The minimum atomic E-state index is 0.198. The van der Waals surface area contributed by atoms with E-state index in [0.29, 0.717) is 18.8 Å². The summed E-state index contributed by atoms with van der Waals surface area (Å²) in [4.78, 5) is 22.6. The molecule has 2 heterocycles. The van der Waals surface area contributed by atoms with Gasteiger partial charge in [-0.25, -0.2) is 0 Å². The summed E-state index contributed by atoms with van der Waals surface area (Å²) in [7, 11) is 0. The zero-order valence-corrected chi connectivity index (χ0v) is 21.8. The van der Waals surface area contributed by atoms with E-state index in [0.717, 1.165) is 51.0 Å². The number of nitriles is 1. The molecule has 0 atom stereocenters. The minimum absolute atomic E-state index is 0.198. The smallest absolute Gasteiger partial charge is 0.242 e. The predicted molar refractivity (Wildman–Crippen MR) is 151 cm³/mol. The van der Waals surface area contributed by atoms with E-state index >= 15 is 0 Å². The van der Waals surface area contributed by atoms with Crippen LogP contribution in [0.15, 0.2) is 97.3 Å². The number of para-hydroxylation sites is 1. The second kappa shape index (κ2) is 12.3. The van der Waals surface area contributed by atoms with Crippen molar-refractivity contribution in [3.63, 3.8) is 0 Å². The van der Waals surface area contributed by atoms with Crippen molar-refractivity contribution >= 4 is 11.6 Å².